The number of hydrogen-bond donors (Lipinski definition) is 1. The zero-order chi connectivity index (χ0) is 13.3. The zero-order valence-electron chi connectivity index (χ0n) is 9.18. The molecule has 0 heterocycles. The van der Waals surface area contributed by atoms with Crippen LogP contribution in [-0.4, -0.2) is 0 Å². The SMILES string of the molecule is NCc1c(Cl)cccc1-c1c(Cl)ccc(Cl)c1Cl. The van der Waals surface area contributed by atoms with Crippen molar-refractivity contribution in [3.8, 4) is 11.1 Å². The van der Waals surface area contributed by atoms with E-state index in [2.05, 4.69) is 0 Å². The van der Waals surface area contributed by atoms with Crippen LogP contribution in [0.25, 0.3) is 11.1 Å². The third-order valence-corrected chi connectivity index (χ3v) is 4.11. The van der Waals surface area contributed by atoms with Gasteiger partial charge in [-0.05, 0) is 29.3 Å². The van der Waals surface area contributed by atoms with E-state index in [0.29, 0.717) is 32.2 Å². The van der Waals surface area contributed by atoms with Gasteiger partial charge in [0.1, 0.15) is 0 Å². The molecule has 0 atom stereocenters. The summed E-state index contributed by atoms with van der Waals surface area (Å²) in [5.41, 5.74) is 7.99. The van der Waals surface area contributed by atoms with Crippen molar-refractivity contribution < 1.29 is 0 Å². The second-order valence-corrected chi connectivity index (χ2v) is 5.29. The molecule has 0 saturated heterocycles. The highest BCUT2D eigenvalue weighted by molar-refractivity contribution is 6.46. The van der Waals surface area contributed by atoms with E-state index < -0.39 is 0 Å². The van der Waals surface area contributed by atoms with E-state index in [1.165, 1.54) is 0 Å². The highest BCUT2D eigenvalue weighted by Gasteiger charge is 2.15. The second-order valence-electron chi connectivity index (χ2n) is 3.69. The fourth-order valence-corrected chi connectivity index (χ4v) is 2.76. The Kier molecular flexibility index (Phi) is 4.41. The van der Waals surface area contributed by atoms with E-state index in [9.17, 15) is 0 Å². The Morgan fingerprint density at radius 3 is 2.17 bits per heavy atom. The molecule has 0 amide bonds. The molecule has 0 aliphatic rings. The first kappa shape index (κ1) is 14.0. The Labute approximate surface area is 125 Å². The summed E-state index contributed by atoms with van der Waals surface area (Å²) in [5.74, 6) is 0. The summed E-state index contributed by atoms with van der Waals surface area (Å²) in [4.78, 5) is 0. The molecule has 0 aliphatic heterocycles. The molecule has 0 radical (unpaired) electrons. The highest BCUT2D eigenvalue weighted by Crippen LogP contribution is 2.41. The summed E-state index contributed by atoms with van der Waals surface area (Å²) in [6.45, 7) is 0.300. The molecular weight excluding hydrogens is 312 g/mol. The van der Waals surface area contributed by atoms with Crippen molar-refractivity contribution in [2.24, 2.45) is 5.73 Å². The lowest BCUT2D eigenvalue weighted by atomic mass is 9.99. The zero-order valence-corrected chi connectivity index (χ0v) is 12.2. The summed E-state index contributed by atoms with van der Waals surface area (Å²) in [6.07, 6.45) is 0. The van der Waals surface area contributed by atoms with Crippen molar-refractivity contribution >= 4 is 46.4 Å². The lowest BCUT2D eigenvalue weighted by Crippen LogP contribution is -2.00. The molecule has 0 fully saturated rings. The maximum absolute atomic E-state index is 6.21. The molecule has 0 aromatic heterocycles. The van der Waals surface area contributed by atoms with Gasteiger partial charge in [0, 0.05) is 17.1 Å². The maximum Gasteiger partial charge on any atom is 0.0685 e. The Morgan fingerprint density at radius 1 is 0.833 bits per heavy atom. The molecule has 0 unspecified atom stereocenters. The Hall–Kier alpha value is -0.440. The van der Waals surface area contributed by atoms with Crippen LogP contribution in [-0.2, 0) is 6.54 Å². The lowest BCUT2D eigenvalue weighted by Gasteiger charge is -2.13. The summed E-state index contributed by atoms with van der Waals surface area (Å²) in [6, 6.07) is 8.83. The van der Waals surface area contributed by atoms with Gasteiger partial charge in [0.15, 0.2) is 0 Å². The van der Waals surface area contributed by atoms with Gasteiger partial charge in [0.05, 0.1) is 15.1 Å². The number of rotatable bonds is 2. The van der Waals surface area contributed by atoms with Gasteiger partial charge in [0.2, 0.25) is 0 Å². The van der Waals surface area contributed by atoms with Crippen molar-refractivity contribution in [1.82, 2.24) is 0 Å². The van der Waals surface area contributed by atoms with Gasteiger partial charge in [-0.2, -0.15) is 0 Å². The summed E-state index contributed by atoms with van der Waals surface area (Å²) < 4.78 is 0. The van der Waals surface area contributed by atoms with E-state index in [0.717, 1.165) is 11.1 Å². The Balaban J connectivity index is 2.77. The average Bonchev–Trinajstić information content (AvgIpc) is 2.35. The minimum absolute atomic E-state index is 0.300. The maximum atomic E-state index is 6.21. The predicted octanol–water partition coefficient (Wildman–Crippen LogP) is 5.43. The standard InChI is InChI=1S/C13H9Cl4N/c14-9-3-1-2-7(8(9)6-18)12-10(15)4-5-11(16)13(12)17/h1-5H,6,18H2. The molecule has 2 N–H and O–H groups in total. The van der Waals surface area contributed by atoms with Crippen LogP contribution in [0.3, 0.4) is 0 Å². The van der Waals surface area contributed by atoms with Gasteiger partial charge >= 0.3 is 0 Å². The van der Waals surface area contributed by atoms with Crippen LogP contribution in [0.1, 0.15) is 5.56 Å². The number of halogens is 4. The lowest BCUT2D eigenvalue weighted by molar-refractivity contribution is 1.07. The fraction of sp³-hybridized carbons (Fsp3) is 0.0769. The number of hydrogen-bond acceptors (Lipinski definition) is 1. The van der Waals surface area contributed by atoms with Crippen LogP contribution >= 0.6 is 46.4 Å². The van der Waals surface area contributed by atoms with Crippen LogP contribution in [0, 0.1) is 0 Å². The van der Waals surface area contributed by atoms with Gasteiger partial charge in [-0.3, -0.25) is 0 Å². The normalized spacial score (nSPS) is 10.7. The molecule has 2 aromatic rings. The van der Waals surface area contributed by atoms with Gasteiger partial charge in [-0.15, -0.1) is 0 Å². The van der Waals surface area contributed by atoms with Crippen LogP contribution in [0.5, 0.6) is 0 Å². The monoisotopic (exact) mass is 319 g/mol. The van der Waals surface area contributed by atoms with Crippen LogP contribution in [0.2, 0.25) is 20.1 Å². The minimum Gasteiger partial charge on any atom is -0.326 e. The second kappa shape index (κ2) is 5.68. The topological polar surface area (TPSA) is 26.0 Å². The van der Waals surface area contributed by atoms with Crippen molar-refractivity contribution in [2.45, 2.75) is 6.54 Å². The van der Waals surface area contributed by atoms with Crippen LogP contribution in [0.4, 0.5) is 0 Å². The van der Waals surface area contributed by atoms with Crippen molar-refractivity contribution in [2.75, 3.05) is 0 Å². The van der Waals surface area contributed by atoms with Crippen molar-refractivity contribution in [3.63, 3.8) is 0 Å². The molecule has 1 nitrogen and oxygen atoms in total. The van der Waals surface area contributed by atoms with E-state index >= 15 is 0 Å². The first-order chi connectivity index (χ1) is 8.56. The molecule has 0 aliphatic carbocycles. The molecule has 0 spiro atoms. The van der Waals surface area contributed by atoms with E-state index in [1.807, 2.05) is 12.1 Å². The number of nitrogens with two attached hydrogens (primary N) is 1. The highest BCUT2D eigenvalue weighted by atomic mass is 35.5. The Bertz CT molecular complexity index is 596. The molecule has 2 aromatic carbocycles. The quantitative estimate of drug-likeness (QED) is 0.734. The smallest absolute Gasteiger partial charge is 0.0685 e. The minimum atomic E-state index is 0.300. The largest absolute Gasteiger partial charge is 0.326 e. The fourth-order valence-electron chi connectivity index (χ4n) is 1.77. The molecule has 18 heavy (non-hydrogen) atoms. The third-order valence-electron chi connectivity index (χ3n) is 2.64. The molecular formula is C13H9Cl4N. The molecule has 2 rings (SSSR count). The van der Waals surface area contributed by atoms with Crippen LogP contribution < -0.4 is 5.73 Å². The molecule has 94 valence electrons. The summed E-state index contributed by atoms with van der Waals surface area (Å²) >= 11 is 24.5. The molecule has 0 saturated carbocycles. The Morgan fingerprint density at radius 2 is 1.50 bits per heavy atom. The molecule has 0 bridgehead atoms. The van der Waals surface area contributed by atoms with E-state index in [-0.39, 0.29) is 0 Å². The van der Waals surface area contributed by atoms with Crippen LogP contribution in [0.15, 0.2) is 30.3 Å². The number of benzene rings is 2. The van der Waals surface area contributed by atoms with Gasteiger partial charge in [0.25, 0.3) is 0 Å². The van der Waals surface area contributed by atoms with Crippen molar-refractivity contribution in [3.05, 3.63) is 56.0 Å². The average molecular weight is 321 g/mol. The van der Waals surface area contributed by atoms with Gasteiger partial charge < -0.3 is 5.73 Å². The third kappa shape index (κ3) is 2.47. The first-order valence-electron chi connectivity index (χ1n) is 5.17. The summed E-state index contributed by atoms with van der Waals surface area (Å²) in [5, 5.41) is 1.95. The first-order valence-corrected chi connectivity index (χ1v) is 6.68. The van der Waals surface area contributed by atoms with E-state index in [1.54, 1.807) is 18.2 Å². The van der Waals surface area contributed by atoms with Gasteiger partial charge in [-0.25, -0.2) is 0 Å². The van der Waals surface area contributed by atoms with Gasteiger partial charge in [-0.1, -0.05) is 58.5 Å². The van der Waals surface area contributed by atoms with E-state index in [4.69, 9.17) is 52.1 Å². The van der Waals surface area contributed by atoms with Crippen molar-refractivity contribution in [1.29, 1.82) is 0 Å². The predicted molar refractivity (Wildman–Crippen MR) is 79.8 cm³/mol. The molecule has 5 heteroatoms. The summed E-state index contributed by atoms with van der Waals surface area (Å²) in [7, 11) is 0.